The molecule has 0 N–H and O–H groups in total. The van der Waals surface area contributed by atoms with Gasteiger partial charge in [0.2, 0.25) is 5.89 Å². The van der Waals surface area contributed by atoms with Gasteiger partial charge in [0.25, 0.3) is 0 Å². The van der Waals surface area contributed by atoms with Gasteiger partial charge in [-0.1, -0.05) is 18.2 Å². The maximum absolute atomic E-state index is 13.0. The summed E-state index contributed by atoms with van der Waals surface area (Å²) >= 11 is 1.65. The number of aromatic nitrogens is 1. The summed E-state index contributed by atoms with van der Waals surface area (Å²) in [5, 5.41) is 1.60. The highest BCUT2D eigenvalue weighted by Crippen LogP contribution is 2.27. The predicted octanol–water partition coefficient (Wildman–Crippen LogP) is 3.87. The second-order valence-corrected chi connectivity index (χ2v) is 9.66. The van der Waals surface area contributed by atoms with E-state index >= 15 is 0 Å². The third-order valence-corrected chi connectivity index (χ3v) is 6.76. The van der Waals surface area contributed by atoms with E-state index in [1.807, 2.05) is 35.2 Å². The van der Waals surface area contributed by atoms with Crippen molar-refractivity contribution in [3.8, 4) is 17.1 Å². The van der Waals surface area contributed by atoms with Gasteiger partial charge in [-0.2, -0.15) is 0 Å². The Morgan fingerprint density at radius 2 is 1.66 bits per heavy atom. The number of carbonyl (C=O) groups excluding carboxylic acids is 3. The van der Waals surface area contributed by atoms with E-state index in [9.17, 15) is 14.4 Å². The number of urea groups is 1. The molecule has 2 aliphatic heterocycles. The second kappa shape index (κ2) is 12.0. The van der Waals surface area contributed by atoms with Gasteiger partial charge in [0.15, 0.2) is 5.76 Å². The van der Waals surface area contributed by atoms with Gasteiger partial charge in [-0.3, -0.25) is 4.90 Å². The summed E-state index contributed by atoms with van der Waals surface area (Å²) in [6.07, 6.45) is 3.61. The molecule has 38 heavy (non-hydrogen) atoms. The number of ether oxygens (including phenoxy) is 1. The minimum Gasteiger partial charge on any atom is -0.493 e. The van der Waals surface area contributed by atoms with Crippen LogP contribution in [-0.4, -0.2) is 65.0 Å². The number of oxazole rings is 1. The van der Waals surface area contributed by atoms with Crippen LogP contribution < -0.4 is 9.80 Å². The molecule has 2 aliphatic rings. The minimum absolute atomic E-state index is 0.0486. The standard InChI is InChI=1S/C26H26N4O7S/c31-24-25(32)37-30(26(33)29(36-24)18-28-12-4-5-13-28)20-10-8-19(9-11-20)22-16-27-23(35-22)17-38-15-14-34-21-6-2-1-3-7-21/h1-3,6-11,16H,4-5,12-15,17-18H2. The average molecular weight is 539 g/mol. The molecule has 0 atom stereocenters. The maximum Gasteiger partial charge on any atom is 0.444 e. The normalized spacial score (nSPS) is 16.4. The summed E-state index contributed by atoms with van der Waals surface area (Å²) in [4.78, 5) is 53.3. The van der Waals surface area contributed by atoms with Crippen LogP contribution in [0, 0.1) is 0 Å². The van der Waals surface area contributed by atoms with Gasteiger partial charge >= 0.3 is 18.0 Å². The van der Waals surface area contributed by atoms with Crippen LogP contribution in [-0.2, 0) is 25.0 Å². The number of benzene rings is 2. The molecule has 1 aromatic heterocycles. The number of nitrogens with zero attached hydrogens (tertiary/aromatic N) is 4. The topological polar surface area (TPSA) is 115 Å². The molecular weight excluding hydrogens is 512 g/mol. The van der Waals surface area contributed by atoms with E-state index in [4.69, 9.17) is 18.8 Å². The predicted molar refractivity (Wildman–Crippen MR) is 138 cm³/mol. The number of amides is 2. The van der Waals surface area contributed by atoms with Crippen LogP contribution in [0.3, 0.4) is 0 Å². The number of anilines is 1. The van der Waals surface area contributed by atoms with Crippen molar-refractivity contribution in [1.29, 1.82) is 0 Å². The molecule has 198 valence electrons. The monoisotopic (exact) mass is 538 g/mol. The highest BCUT2D eigenvalue weighted by Gasteiger charge is 2.38. The second-order valence-electron chi connectivity index (χ2n) is 8.56. The number of hydroxylamine groups is 3. The Labute approximate surface area is 223 Å². The van der Waals surface area contributed by atoms with Crippen molar-refractivity contribution in [1.82, 2.24) is 14.9 Å². The first-order valence-corrected chi connectivity index (χ1v) is 13.3. The summed E-state index contributed by atoms with van der Waals surface area (Å²) in [6.45, 7) is 2.16. The van der Waals surface area contributed by atoms with Gasteiger partial charge in [0.1, 0.15) is 12.4 Å². The van der Waals surface area contributed by atoms with Gasteiger partial charge in [0.05, 0.1) is 24.2 Å². The molecule has 11 nitrogen and oxygen atoms in total. The highest BCUT2D eigenvalue weighted by molar-refractivity contribution is 7.98. The van der Waals surface area contributed by atoms with Gasteiger partial charge in [-0.25, -0.2) is 19.4 Å². The highest BCUT2D eigenvalue weighted by atomic mass is 32.2. The van der Waals surface area contributed by atoms with E-state index in [1.165, 1.54) is 0 Å². The van der Waals surface area contributed by atoms with Crippen molar-refractivity contribution in [2.75, 3.05) is 37.2 Å². The van der Waals surface area contributed by atoms with Crippen molar-refractivity contribution in [3.05, 3.63) is 66.7 Å². The quantitative estimate of drug-likeness (QED) is 0.278. The Balaban J connectivity index is 1.18. The molecule has 12 heteroatoms. The fourth-order valence-electron chi connectivity index (χ4n) is 3.96. The van der Waals surface area contributed by atoms with E-state index in [2.05, 4.69) is 4.98 Å². The summed E-state index contributed by atoms with van der Waals surface area (Å²) in [7, 11) is 0. The van der Waals surface area contributed by atoms with Crippen LogP contribution in [0.2, 0.25) is 0 Å². The summed E-state index contributed by atoms with van der Waals surface area (Å²) < 4.78 is 11.6. The molecule has 5 rings (SSSR count). The van der Waals surface area contributed by atoms with Crippen molar-refractivity contribution >= 4 is 35.4 Å². The lowest BCUT2D eigenvalue weighted by Crippen LogP contribution is -2.46. The number of likely N-dealkylation sites (tertiary alicyclic amines) is 1. The first-order chi connectivity index (χ1) is 18.6. The van der Waals surface area contributed by atoms with Crippen molar-refractivity contribution in [3.63, 3.8) is 0 Å². The van der Waals surface area contributed by atoms with Crippen molar-refractivity contribution < 1.29 is 33.2 Å². The number of rotatable bonds is 10. The third kappa shape index (κ3) is 6.26. The number of hydrogen-bond acceptors (Lipinski definition) is 10. The molecular formula is C26H26N4O7S. The van der Waals surface area contributed by atoms with Crippen LogP contribution in [0.4, 0.5) is 10.5 Å². The molecule has 2 amide bonds. The van der Waals surface area contributed by atoms with Crippen LogP contribution >= 0.6 is 11.8 Å². The summed E-state index contributed by atoms with van der Waals surface area (Å²) in [5.41, 5.74) is 0.977. The SMILES string of the molecule is O=C1ON(CN2CCCC2)C(=O)N(c2ccc(-c3cnc(CSCCOc4ccccc4)o3)cc2)OC1=O. The first kappa shape index (κ1) is 25.6. The van der Waals surface area contributed by atoms with Gasteiger partial charge in [-0.15, -0.1) is 21.9 Å². The van der Waals surface area contributed by atoms with Crippen LogP contribution in [0.1, 0.15) is 18.7 Å². The Morgan fingerprint density at radius 1 is 0.921 bits per heavy atom. The molecule has 0 unspecified atom stereocenters. The fraction of sp³-hybridized carbons (Fsp3) is 0.308. The minimum atomic E-state index is -1.28. The van der Waals surface area contributed by atoms with Crippen molar-refractivity contribution in [2.45, 2.75) is 18.6 Å². The maximum atomic E-state index is 13.0. The lowest BCUT2D eigenvalue weighted by molar-refractivity contribution is -0.187. The van der Waals surface area contributed by atoms with Crippen LogP contribution in [0.25, 0.3) is 11.3 Å². The Bertz CT molecular complexity index is 1260. The Hall–Kier alpha value is -4.03. The largest absolute Gasteiger partial charge is 0.493 e. The molecule has 2 saturated heterocycles. The van der Waals surface area contributed by atoms with Crippen LogP contribution in [0.5, 0.6) is 5.75 Å². The number of hydrogen-bond donors (Lipinski definition) is 0. The van der Waals surface area contributed by atoms with Crippen LogP contribution in [0.15, 0.2) is 65.2 Å². The number of carbonyl (C=O) groups is 3. The van der Waals surface area contributed by atoms with E-state index in [0.717, 1.165) is 53.1 Å². The lowest BCUT2D eigenvalue weighted by atomic mass is 10.2. The van der Waals surface area contributed by atoms with Gasteiger partial charge in [-0.05, 0) is 62.3 Å². The Kier molecular flexibility index (Phi) is 8.09. The number of thioether (sulfide) groups is 1. The van der Waals surface area contributed by atoms with E-state index in [0.29, 0.717) is 24.0 Å². The summed E-state index contributed by atoms with van der Waals surface area (Å²) in [5.74, 6) is 0.818. The lowest BCUT2D eigenvalue weighted by Gasteiger charge is -2.26. The average Bonchev–Trinajstić information content (AvgIpc) is 3.62. The zero-order valence-electron chi connectivity index (χ0n) is 20.5. The molecule has 2 fully saturated rings. The molecule has 2 aromatic carbocycles. The molecule has 3 aromatic rings. The Morgan fingerprint density at radius 3 is 2.42 bits per heavy atom. The number of para-hydroxylation sites is 1. The van der Waals surface area contributed by atoms with Gasteiger partial charge in [0, 0.05) is 11.3 Å². The zero-order valence-corrected chi connectivity index (χ0v) is 21.3. The van der Waals surface area contributed by atoms with E-state index in [-0.39, 0.29) is 12.4 Å². The first-order valence-electron chi connectivity index (χ1n) is 12.2. The molecule has 3 heterocycles. The molecule has 0 bridgehead atoms. The zero-order chi connectivity index (χ0) is 26.3. The fourth-order valence-corrected chi connectivity index (χ4v) is 4.61. The van der Waals surface area contributed by atoms with Gasteiger partial charge < -0.3 is 18.8 Å². The smallest absolute Gasteiger partial charge is 0.444 e. The molecule has 0 saturated carbocycles. The third-order valence-electron chi connectivity index (χ3n) is 5.85. The molecule has 0 spiro atoms. The molecule has 0 radical (unpaired) electrons. The summed E-state index contributed by atoms with van der Waals surface area (Å²) in [6, 6.07) is 15.5. The molecule has 0 aliphatic carbocycles. The van der Waals surface area contributed by atoms with E-state index < -0.39 is 18.0 Å². The van der Waals surface area contributed by atoms with Crippen molar-refractivity contribution in [2.24, 2.45) is 0 Å². The van der Waals surface area contributed by atoms with E-state index in [1.54, 1.807) is 42.2 Å².